The van der Waals surface area contributed by atoms with Crippen molar-refractivity contribution in [3.63, 3.8) is 0 Å². The molecule has 1 aromatic carbocycles. The van der Waals surface area contributed by atoms with Crippen molar-refractivity contribution in [2.75, 3.05) is 26.4 Å². The second-order valence-corrected chi connectivity index (χ2v) is 8.60. The van der Waals surface area contributed by atoms with Gasteiger partial charge in [-0.1, -0.05) is 29.8 Å². The number of hydrogen-bond acceptors (Lipinski definition) is 7. The predicted molar refractivity (Wildman–Crippen MR) is 126 cm³/mol. The van der Waals surface area contributed by atoms with Crippen LogP contribution < -0.4 is 5.32 Å². The molecule has 2 aromatic rings. The molecule has 0 spiro atoms. The minimum absolute atomic E-state index is 0.0986. The Hall–Kier alpha value is -3.10. The Bertz CT molecular complexity index is 1200. The van der Waals surface area contributed by atoms with Crippen molar-refractivity contribution in [2.24, 2.45) is 0 Å². The standard InChI is InChI=1S/C25H28ClN3O5/c1-5-33-24(30)22-19(12-32-11-10-29-15(3)14(2)27-16(29)4)28-20-13-34-25(31)23(20)21(22)17-8-6-7-9-18(17)26/h6-9,21,28H,5,10-13H2,1-4H3. The number of carbonyl (C=O) groups excluding carboxylic acids is 2. The van der Waals surface area contributed by atoms with Gasteiger partial charge in [-0.05, 0) is 39.3 Å². The minimum atomic E-state index is -0.710. The number of cyclic esters (lactones) is 1. The van der Waals surface area contributed by atoms with Crippen molar-refractivity contribution >= 4 is 23.5 Å². The lowest BCUT2D eigenvalue weighted by atomic mass is 9.80. The number of ether oxygens (including phenoxy) is 3. The number of rotatable bonds is 8. The molecule has 0 amide bonds. The summed E-state index contributed by atoms with van der Waals surface area (Å²) in [6.07, 6.45) is 0. The smallest absolute Gasteiger partial charge is 0.337 e. The molecule has 0 bridgehead atoms. The normalized spacial score (nSPS) is 17.6. The van der Waals surface area contributed by atoms with E-state index in [1.54, 1.807) is 25.1 Å². The number of carbonyl (C=O) groups is 2. The molecule has 0 aliphatic carbocycles. The van der Waals surface area contributed by atoms with E-state index in [-0.39, 0.29) is 19.8 Å². The molecule has 4 rings (SSSR count). The van der Waals surface area contributed by atoms with E-state index in [9.17, 15) is 9.59 Å². The fourth-order valence-electron chi connectivity index (χ4n) is 4.45. The molecular formula is C25H28ClN3O5. The summed E-state index contributed by atoms with van der Waals surface area (Å²) in [5.74, 6) is -0.785. The van der Waals surface area contributed by atoms with Gasteiger partial charge in [-0.2, -0.15) is 0 Å². The molecule has 2 aliphatic heterocycles. The summed E-state index contributed by atoms with van der Waals surface area (Å²) in [6.45, 7) is 9.17. The number of hydrogen-bond donors (Lipinski definition) is 1. The molecule has 0 saturated heterocycles. The van der Waals surface area contributed by atoms with E-state index < -0.39 is 17.9 Å². The van der Waals surface area contributed by atoms with Crippen LogP contribution in [0.5, 0.6) is 0 Å². The van der Waals surface area contributed by atoms with Crippen LogP contribution in [0, 0.1) is 20.8 Å². The van der Waals surface area contributed by atoms with Crippen molar-refractivity contribution in [1.29, 1.82) is 0 Å². The zero-order valence-corrected chi connectivity index (χ0v) is 20.5. The largest absolute Gasteiger partial charge is 0.463 e. The molecule has 1 unspecified atom stereocenters. The van der Waals surface area contributed by atoms with Crippen LogP contribution in [0.1, 0.15) is 35.6 Å². The van der Waals surface area contributed by atoms with Crippen molar-refractivity contribution in [3.05, 3.63) is 74.6 Å². The maximum Gasteiger partial charge on any atom is 0.337 e. The first-order valence-corrected chi connectivity index (χ1v) is 11.6. The number of halogens is 1. The lowest BCUT2D eigenvalue weighted by Gasteiger charge is -2.29. The highest BCUT2D eigenvalue weighted by Gasteiger charge is 2.43. The van der Waals surface area contributed by atoms with E-state index in [4.69, 9.17) is 25.8 Å². The van der Waals surface area contributed by atoms with Crippen LogP contribution in [0.4, 0.5) is 0 Å². The van der Waals surface area contributed by atoms with E-state index in [1.165, 1.54) is 0 Å². The fourth-order valence-corrected chi connectivity index (χ4v) is 4.69. The number of esters is 2. The fraction of sp³-hybridized carbons (Fsp3) is 0.400. The van der Waals surface area contributed by atoms with Crippen LogP contribution in [-0.4, -0.2) is 47.9 Å². The third-order valence-electron chi connectivity index (χ3n) is 6.16. The average molecular weight is 486 g/mol. The van der Waals surface area contributed by atoms with Crippen LogP contribution in [0.25, 0.3) is 0 Å². The number of imidazole rings is 1. The summed E-state index contributed by atoms with van der Waals surface area (Å²) in [7, 11) is 0. The lowest BCUT2D eigenvalue weighted by molar-refractivity contribution is -0.139. The maximum absolute atomic E-state index is 13.1. The van der Waals surface area contributed by atoms with E-state index in [2.05, 4.69) is 14.9 Å². The molecule has 3 heterocycles. The first kappa shape index (κ1) is 24.0. The molecule has 1 aromatic heterocycles. The van der Waals surface area contributed by atoms with Crippen LogP contribution in [0.15, 0.2) is 46.8 Å². The van der Waals surface area contributed by atoms with Crippen molar-refractivity contribution in [3.8, 4) is 0 Å². The summed E-state index contributed by atoms with van der Waals surface area (Å²) in [5, 5.41) is 3.65. The van der Waals surface area contributed by atoms with Gasteiger partial charge >= 0.3 is 11.9 Å². The van der Waals surface area contributed by atoms with Gasteiger partial charge in [0.05, 0.1) is 54.0 Å². The van der Waals surface area contributed by atoms with Crippen molar-refractivity contribution < 1.29 is 23.8 Å². The Morgan fingerprint density at radius 2 is 2.06 bits per heavy atom. The number of aromatic nitrogens is 2. The summed E-state index contributed by atoms with van der Waals surface area (Å²) >= 11 is 6.51. The van der Waals surface area contributed by atoms with Crippen LogP contribution in [-0.2, 0) is 30.3 Å². The Morgan fingerprint density at radius 3 is 2.74 bits per heavy atom. The van der Waals surface area contributed by atoms with Crippen molar-refractivity contribution in [2.45, 2.75) is 40.2 Å². The van der Waals surface area contributed by atoms with Gasteiger partial charge < -0.3 is 24.1 Å². The molecule has 9 heteroatoms. The van der Waals surface area contributed by atoms with Gasteiger partial charge in [0.15, 0.2) is 0 Å². The highest BCUT2D eigenvalue weighted by Crippen LogP contribution is 2.43. The molecule has 1 atom stereocenters. The van der Waals surface area contributed by atoms with Crippen LogP contribution >= 0.6 is 11.6 Å². The zero-order valence-electron chi connectivity index (χ0n) is 19.7. The number of nitrogens with one attached hydrogen (secondary N) is 1. The lowest BCUT2D eigenvalue weighted by Crippen LogP contribution is -2.33. The summed E-state index contributed by atoms with van der Waals surface area (Å²) in [6, 6.07) is 7.16. The Balaban J connectivity index is 1.65. The highest BCUT2D eigenvalue weighted by molar-refractivity contribution is 6.31. The molecule has 8 nitrogen and oxygen atoms in total. The van der Waals surface area contributed by atoms with Gasteiger partial charge in [0.2, 0.25) is 0 Å². The topological polar surface area (TPSA) is 91.7 Å². The van der Waals surface area contributed by atoms with Crippen molar-refractivity contribution in [1.82, 2.24) is 14.9 Å². The second kappa shape index (κ2) is 10.0. The SMILES string of the molecule is CCOC(=O)C1=C(COCCn2c(C)nc(C)c2C)NC2=C(C(=O)OC2)C1c1ccccc1Cl. The Morgan fingerprint density at radius 1 is 1.29 bits per heavy atom. The molecule has 2 aliphatic rings. The number of aryl methyl sites for hydroxylation is 2. The monoisotopic (exact) mass is 485 g/mol. The molecule has 0 radical (unpaired) electrons. The van der Waals surface area contributed by atoms with Gasteiger partial charge in [-0.15, -0.1) is 0 Å². The van der Waals surface area contributed by atoms with E-state index in [0.29, 0.717) is 46.3 Å². The first-order chi connectivity index (χ1) is 16.3. The summed E-state index contributed by atoms with van der Waals surface area (Å²) < 4.78 is 18.8. The molecule has 180 valence electrons. The predicted octanol–water partition coefficient (Wildman–Crippen LogP) is 3.49. The van der Waals surface area contributed by atoms with Gasteiger partial charge in [-0.3, -0.25) is 0 Å². The Labute approximate surface area is 203 Å². The maximum atomic E-state index is 13.1. The highest BCUT2D eigenvalue weighted by atomic mass is 35.5. The molecule has 1 N–H and O–H groups in total. The minimum Gasteiger partial charge on any atom is -0.463 e. The van der Waals surface area contributed by atoms with Gasteiger partial charge in [-0.25, -0.2) is 14.6 Å². The Kier molecular flexibility index (Phi) is 7.09. The molecule has 0 fully saturated rings. The van der Waals surface area contributed by atoms with Crippen LogP contribution in [0.2, 0.25) is 5.02 Å². The van der Waals surface area contributed by atoms with Crippen LogP contribution in [0.3, 0.4) is 0 Å². The van der Waals surface area contributed by atoms with Gasteiger partial charge in [0.1, 0.15) is 12.4 Å². The number of benzene rings is 1. The van der Waals surface area contributed by atoms with Gasteiger partial charge in [0, 0.05) is 17.3 Å². The summed E-state index contributed by atoms with van der Waals surface area (Å²) in [4.78, 5) is 30.3. The second-order valence-electron chi connectivity index (χ2n) is 8.19. The number of nitrogens with zero attached hydrogens (tertiary/aromatic N) is 2. The quantitative estimate of drug-likeness (QED) is 0.452. The zero-order chi connectivity index (χ0) is 24.4. The molecular weight excluding hydrogens is 458 g/mol. The third kappa shape index (κ3) is 4.48. The van der Waals surface area contributed by atoms with E-state index in [0.717, 1.165) is 17.2 Å². The third-order valence-corrected chi connectivity index (χ3v) is 6.51. The van der Waals surface area contributed by atoms with E-state index in [1.807, 2.05) is 26.8 Å². The average Bonchev–Trinajstić information content (AvgIpc) is 3.29. The van der Waals surface area contributed by atoms with Gasteiger partial charge in [0.25, 0.3) is 0 Å². The summed E-state index contributed by atoms with van der Waals surface area (Å²) in [5.41, 5.74) is 4.55. The first-order valence-electron chi connectivity index (χ1n) is 11.2. The molecule has 0 saturated carbocycles. The van der Waals surface area contributed by atoms with E-state index >= 15 is 0 Å². The number of dihydropyridines is 1. The molecule has 34 heavy (non-hydrogen) atoms.